The van der Waals surface area contributed by atoms with Gasteiger partial charge in [-0.25, -0.2) is 0 Å². The predicted octanol–water partition coefficient (Wildman–Crippen LogP) is 2.73. The van der Waals surface area contributed by atoms with Crippen LogP contribution in [-0.4, -0.2) is 45.2 Å². The lowest BCUT2D eigenvalue weighted by Gasteiger charge is -2.36. The molecule has 1 aliphatic rings. The summed E-state index contributed by atoms with van der Waals surface area (Å²) in [5, 5.41) is 4.25. The summed E-state index contributed by atoms with van der Waals surface area (Å²) in [6.07, 6.45) is 0. The van der Waals surface area contributed by atoms with Crippen LogP contribution in [0.15, 0.2) is 42.5 Å². The van der Waals surface area contributed by atoms with E-state index in [-0.39, 0.29) is 11.9 Å². The van der Waals surface area contributed by atoms with Crippen molar-refractivity contribution in [1.82, 2.24) is 0 Å². The highest BCUT2D eigenvalue weighted by molar-refractivity contribution is 6.31. The Hall–Kier alpha value is -1.95. The number of anilines is 2. The highest BCUT2D eigenvalue weighted by Crippen LogP contribution is 2.27. The van der Waals surface area contributed by atoms with E-state index in [1.807, 2.05) is 25.1 Å². The number of halogens is 2. The van der Waals surface area contributed by atoms with Gasteiger partial charge in [0.25, 0.3) is 5.91 Å². The topological polar surface area (TPSA) is 46.0 Å². The van der Waals surface area contributed by atoms with Crippen LogP contribution in [0.1, 0.15) is 6.92 Å². The Morgan fingerprint density at radius 1 is 1.15 bits per heavy atom. The van der Waals surface area contributed by atoms with Gasteiger partial charge in [0, 0.05) is 15.7 Å². The van der Waals surface area contributed by atoms with Crippen molar-refractivity contribution in [1.29, 1.82) is 0 Å². The number of hydrogen-bond donors (Lipinski definition) is 2. The average Bonchev–Trinajstić information content (AvgIpc) is 2.67. The molecule has 2 N–H and O–H groups in total. The quantitative estimate of drug-likeness (QED) is 0.799. The van der Waals surface area contributed by atoms with E-state index in [0.717, 1.165) is 36.9 Å². The highest BCUT2D eigenvalue weighted by atomic mass is 35.5. The molecule has 0 bridgehead atoms. The number of quaternary nitrogens is 1. The Bertz CT molecular complexity index is 808. The number of hydrogen-bond acceptors (Lipinski definition) is 3. The Balaban J connectivity index is 1.59. The zero-order valence-electron chi connectivity index (χ0n) is 15.5. The zero-order chi connectivity index (χ0) is 19.4. The number of methoxy groups -OCH3 is 1. The fraction of sp³-hybridized carbons (Fsp3) is 0.350. The van der Waals surface area contributed by atoms with Crippen LogP contribution in [0, 0.1) is 0 Å². The molecule has 5 nitrogen and oxygen atoms in total. The summed E-state index contributed by atoms with van der Waals surface area (Å²) in [6.45, 7) is 5.49. The van der Waals surface area contributed by atoms with Crippen LogP contribution in [0.3, 0.4) is 0 Å². The van der Waals surface area contributed by atoms with Crippen LogP contribution in [0.5, 0.6) is 5.75 Å². The molecule has 7 heteroatoms. The van der Waals surface area contributed by atoms with Gasteiger partial charge < -0.3 is 19.9 Å². The van der Waals surface area contributed by atoms with Gasteiger partial charge in [-0.05, 0) is 43.3 Å². The molecule has 1 atom stereocenters. The lowest BCUT2D eigenvalue weighted by Crippen LogP contribution is -3.19. The van der Waals surface area contributed by atoms with Gasteiger partial charge in [-0.3, -0.25) is 4.79 Å². The molecular weight excluding hydrogens is 385 g/mol. The molecule has 27 heavy (non-hydrogen) atoms. The normalized spacial score (nSPS) is 16.1. The first-order chi connectivity index (χ1) is 13.0. The molecule has 0 saturated carbocycles. The van der Waals surface area contributed by atoms with Crippen LogP contribution in [0.25, 0.3) is 0 Å². The lowest BCUT2D eigenvalue weighted by molar-refractivity contribution is -0.914. The second kappa shape index (κ2) is 8.83. The van der Waals surface area contributed by atoms with E-state index in [0.29, 0.717) is 16.5 Å². The second-order valence-electron chi connectivity index (χ2n) is 6.68. The monoisotopic (exact) mass is 408 g/mol. The number of benzene rings is 2. The van der Waals surface area contributed by atoms with Crippen molar-refractivity contribution in [2.75, 3.05) is 43.5 Å². The first-order valence-electron chi connectivity index (χ1n) is 8.97. The molecule has 2 aromatic rings. The van der Waals surface area contributed by atoms with Crippen molar-refractivity contribution in [3.63, 3.8) is 0 Å². The summed E-state index contributed by atoms with van der Waals surface area (Å²) in [4.78, 5) is 16.3. The van der Waals surface area contributed by atoms with E-state index < -0.39 is 0 Å². The first-order valence-corrected chi connectivity index (χ1v) is 9.73. The summed E-state index contributed by atoms with van der Waals surface area (Å²) in [6, 6.07) is 12.9. The van der Waals surface area contributed by atoms with Gasteiger partial charge in [0.1, 0.15) is 5.75 Å². The van der Waals surface area contributed by atoms with E-state index in [1.165, 1.54) is 4.90 Å². The fourth-order valence-corrected chi connectivity index (χ4v) is 3.72. The smallest absolute Gasteiger partial charge is 0.282 e. The molecule has 0 spiro atoms. The molecule has 1 fully saturated rings. The van der Waals surface area contributed by atoms with Crippen LogP contribution >= 0.6 is 23.2 Å². The van der Waals surface area contributed by atoms with Gasteiger partial charge in [0.05, 0.1) is 39.0 Å². The Morgan fingerprint density at radius 3 is 2.52 bits per heavy atom. The second-order valence-corrected chi connectivity index (χ2v) is 7.55. The third-order valence-electron chi connectivity index (χ3n) is 5.00. The zero-order valence-corrected chi connectivity index (χ0v) is 17.0. The molecule has 0 aromatic heterocycles. The minimum absolute atomic E-state index is 0.0400. The third-order valence-corrected chi connectivity index (χ3v) is 5.47. The summed E-state index contributed by atoms with van der Waals surface area (Å²) in [5.74, 6) is 0.558. The molecule has 3 rings (SSSR count). The molecule has 0 radical (unpaired) electrons. The maximum atomic E-state index is 12.7. The van der Waals surface area contributed by atoms with Gasteiger partial charge in [-0.15, -0.1) is 0 Å². The SMILES string of the molecule is COc1ccc(Cl)cc1NC(=O)[C@@H](C)[NH+]1CCN(c2cccc(Cl)c2)CC1. The molecule has 0 unspecified atom stereocenters. The van der Waals surface area contributed by atoms with Crippen molar-refractivity contribution >= 4 is 40.5 Å². The molecule has 144 valence electrons. The van der Waals surface area contributed by atoms with Gasteiger partial charge >= 0.3 is 0 Å². The van der Waals surface area contributed by atoms with Crippen LogP contribution in [-0.2, 0) is 4.79 Å². The van der Waals surface area contributed by atoms with Crippen molar-refractivity contribution < 1.29 is 14.4 Å². The number of carbonyl (C=O) groups excluding carboxylic acids is 1. The molecule has 1 aliphatic heterocycles. The Morgan fingerprint density at radius 2 is 1.85 bits per heavy atom. The minimum Gasteiger partial charge on any atom is -0.495 e. The summed E-state index contributed by atoms with van der Waals surface area (Å²) in [5.41, 5.74) is 1.72. The molecule has 1 amide bonds. The number of carbonyl (C=O) groups is 1. The minimum atomic E-state index is -0.171. The Kier molecular flexibility index (Phi) is 6.47. The summed E-state index contributed by atoms with van der Waals surface area (Å²) in [7, 11) is 1.57. The molecule has 0 aliphatic carbocycles. The number of amides is 1. The van der Waals surface area contributed by atoms with E-state index >= 15 is 0 Å². The number of ether oxygens (including phenoxy) is 1. The Labute approximate surface area is 169 Å². The molecule has 1 heterocycles. The number of piperazine rings is 1. The predicted molar refractivity (Wildman–Crippen MR) is 110 cm³/mol. The van der Waals surface area contributed by atoms with Crippen LogP contribution in [0.4, 0.5) is 11.4 Å². The van der Waals surface area contributed by atoms with Crippen molar-refractivity contribution in [2.24, 2.45) is 0 Å². The number of nitrogens with one attached hydrogen (secondary N) is 2. The van der Waals surface area contributed by atoms with Gasteiger partial charge in [0.15, 0.2) is 6.04 Å². The summed E-state index contributed by atoms with van der Waals surface area (Å²) >= 11 is 12.1. The van der Waals surface area contributed by atoms with E-state index in [9.17, 15) is 4.79 Å². The fourth-order valence-electron chi connectivity index (χ4n) is 3.36. The number of nitrogens with zero attached hydrogens (tertiary/aromatic N) is 1. The van der Waals surface area contributed by atoms with E-state index in [1.54, 1.807) is 25.3 Å². The van der Waals surface area contributed by atoms with Crippen LogP contribution < -0.4 is 19.9 Å². The van der Waals surface area contributed by atoms with E-state index in [2.05, 4.69) is 16.3 Å². The van der Waals surface area contributed by atoms with Crippen LogP contribution in [0.2, 0.25) is 10.0 Å². The van der Waals surface area contributed by atoms with Gasteiger partial charge in [-0.2, -0.15) is 0 Å². The maximum absolute atomic E-state index is 12.7. The first kappa shape index (κ1) is 19.8. The molecular formula is C20H24Cl2N3O2+. The van der Waals surface area contributed by atoms with Crippen molar-refractivity contribution in [3.05, 3.63) is 52.5 Å². The maximum Gasteiger partial charge on any atom is 0.282 e. The molecule has 1 saturated heterocycles. The average molecular weight is 409 g/mol. The van der Waals surface area contributed by atoms with Gasteiger partial charge in [-0.1, -0.05) is 29.3 Å². The largest absolute Gasteiger partial charge is 0.495 e. The lowest BCUT2D eigenvalue weighted by atomic mass is 10.2. The molecule has 2 aromatic carbocycles. The van der Waals surface area contributed by atoms with Crippen molar-refractivity contribution in [3.8, 4) is 5.75 Å². The summed E-state index contributed by atoms with van der Waals surface area (Å²) < 4.78 is 5.30. The number of rotatable bonds is 5. The van der Waals surface area contributed by atoms with E-state index in [4.69, 9.17) is 27.9 Å². The van der Waals surface area contributed by atoms with Gasteiger partial charge in [0.2, 0.25) is 0 Å². The highest BCUT2D eigenvalue weighted by Gasteiger charge is 2.29. The standard InChI is InChI=1S/C20H23Cl2N3O2/c1-14(20(26)23-18-13-16(22)6-7-19(18)27-2)24-8-10-25(11-9-24)17-5-3-4-15(21)12-17/h3-7,12-14H,8-11H2,1-2H3,(H,23,26)/p+1/t14-/m1/s1. The third kappa shape index (κ3) is 4.86. The van der Waals surface area contributed by atoms with Crippen molar-refractivity contribution in [2.45, 2.75) is 13.0 Å².